The molecule has 0 radical (unpaired) electrons. The third-order valence-electron chi connectivity index (χ3n) is 6.82. The second-order valence-electron chi connectivity index (χ2n) is 9.09. The molecule has 2 heterocycles. The van der Waals surface area contributed by atoms with Crippen LogP contribution in [0.2, 0.25) is 0 Å². The molecule has 0 bridgehead atoms. The maximum atomic E-state index is 13.8. The highest BCUT2D eigenvalue weighted by Gasteiger charge is 2.49. The summed E-state index contributed by atoms with van der Waals surface area (Å²) in [5, 5.41) is 3.61. The van der Waals surface area contributed by atoms with Crippen molar-refractivity contribution in [3.8, 4) is 11.3 Å². The number of rotatable bonds is 6. The number of ketones is 1. The molecule has 0 saturated carbocycles. The smallest absolute Gasteiger partial charge is 0.325 e. The fourth-order valence-electron chi connectivity index (χ4n) is 4.96. The molecule has 176 valence electrons. The fraction of sp³-hybridized carbons (Fsp3) is 0.207. The van der Waals surface area contributed by atoms with E-state index in [1.165, 1.54) is 0 Å². The summed E-state index contributed by atoms with van der Waals surface area (Å²) in [6.45, 7) is 6.03. The molecule has 1 saturated heterocycles. The molecule has 1 aliphatic rings. The molecule has 3 amide bonds. The summed E-state index contributed by atoms with van der Waals surface area (Å²) in [4.78, 5) is 41.2. The third-order valence-corrected chi connectivity index (χ3v) is 6.82. The molecule has 5 rings (SSSR count). The van der Waals surface area contributed by atoms with Crippen LogP contribution in [0.4, 0.5) is 4.79 Å². The van der Waals surface area contributed by atoms with Crippen molar-refractivity contribution in [2.75, 3.05) is 6.54 Å². The molecule has 0 spiro atoms. The van der Waals surface area contributed by atoms with E-state index >= 15 is 0 Å². The number of amides is 3. The Kier molecular flexibility index (Phi) is 5.52. The van der Waals surface area contributed by atoms with E-state index in [4.69, 9.17) is 0 Å². The predicted molar refractivity (Wildman–Crippen MR) is 136 cm³/mol. The Morgan fingerprint density at radius 2 is 1.57 bits per heavy atom. The number of para-hydroxylation sites is 1. The van der Waals surface area contributed by atoms with Crippen molar-refractivity contribution < 1.29 is 14.4 Å². The van der Waals surface area contributed by atoms with Crippen LogP contribution in [-0.2, 0) is 16.9 Å². The molecule has 1 atom stereocenters. The minimum atomic E-state index is -1.22. The standard InChI is InChI=1S/C29H27N3O3/c1-4-31-23-13-9-8-12-22(23)25(26(31)20-10-6-5-7-11-20)24(33)18-32-27(34)29(3,30-28(32)35)21-16-14-19(2)15-17-21/h5-17H,4,18H2,1-3H3,(H,30,35)/t29-/m1/s1. The number of aryl methyl sites for hydroxylation is 2. The SMILES string of the molecule is CCn1c(-c2ccccc2)c(C(=O)CN2C(=O)N[C@](C)(c3ccc(C)cc3)C2=O)c2ccccc21. The number of nitrogens with one attached hydrogen (secondary N) is 1. The lowest BCUT2D eigenvalue weighted by Gasteiger charge is -2.22. The first-order chi connectivity index (χ1) is 16.8. The molecule has 1 fully saturated rings. The number of carbonyl (C=O) groups excluding carboxylic acids is 3. The topological polar surface area (TPSA) is 71.4 Å². The molecule has 6 nitrogen and oxygen atoms in total. The van der Waals surface area contributed by atoms with Gasteiger partial charge in [0.25, 0.3) is 5.91 Å². The lowest BCUT2D eigenvalue weighted by atomic mass is 9.91. The molecule has 1 aliphatic heterocycles. The van der Waals surface area contributed by atoms with Gasteiger partial charge in [-0.3, -0.25) is 14.5 Å². The van der Waals surface area contributed by atoms with E-state index < -0.39 is 17.5 Å². The Morgan fingerprint density at radius 1 is 0.914 bits per heavy atom. The average Bonchev–Trinajstić information content (AvgIpc) is 3.32. The molecular weight excluding hydrogens is 438 g/mol. The first-order valence-corrected chi connectivity index (χ1v) is 11.8. The summed E-state index contributed by atoms with van der Waals surface area (Å²) in [7, 11) is 0. The van der Waals surface area contributed by atoms with Crippen LogP contribution >= 0.6 is 0 Å². The number of imide groups is 1. The largest absolute Gasteiger partial charge is 0.340 e. The zero-order chi connectivity index (χ0) is 24.7. The Hall–Kier alpha value is -4.19. The molecule has 1 N–H and O–H groups in total. The summed E-state index contributed by atoms with van der Waals surface area (Å²) in [6, 6.07) is 24.4. The van der Waals surface area contributed by atoms with E-state index in [-0.39, 0.29) is 12.3 Å². The van der Waals surface area contributed by atoms with E-state index in [9.17, 15) is 14.4 Å². The van der Waals surface area contributed by atoms with Gasteiger partial charge in [0.2, 0.25) is 0 Å². The van der Waals surface area contributed by atoms with Crippen molar-refractivity contribution in [1.82, 2.24) is 14.8 Å². The van der Waals surface area contributed by atoms with E-state index in [1.807, 2.05) is 92.7 Å². The number of urea groups is 1. The Labute approximate surface area is 204 Å². The van der Waals surface area contributed by atoms with Gasteiger partial charge in [0.1, 0.15) is 5.54 Å². The lowest BCUT2D eigenvalue weighted by Crippen LogP contribution is -2.41. The normalized spacial score (nSPS) is 17.7. The number of carbonyl (C=O) groups is 3. The van der Waals surface area contributed by atoms with Crippen LogP contribution in [0.3, 0.4) is 0 Å². The van der Waals surface area contributed by atoms with Gasteiger partial charge in [0.15, 0.2) is 5.78 Å². The molecule has 0 unspecified atom stereocenters. The Balaban J connectivity index is 1.56. The van der Waals surface area contributed by atoms with Crippen LogP contribution in [0, 0.1) is 6.92 Å². The van der Waals surface area contributed by atoms with Crippen molar-refractivity contribution in [2.24, 2.45) is 0 Å². The number of aromatic nitrogens is 1. The summed E-state index contributed by atoms with van der Waals surface area (Å²) in [5.74, 6) is -0.705. The van der Waals surface area contributed by atoms with Gasteiger partial charge in [-0.05, 0) is 38.0 Å². The number of Topliss-reactive ketones (excluding diaryl/α,β-unsaturated/α-hetero) is 1. The molecule has 6 heteroatoms. The number of nitrogens with zero attached hydrogens (tertiary/aromatic N) is 2. The van der Waals surface area contributed by atoms with Gasteiger partial charge in [-0.25, -0.2) is 4.79 Å². The second-order valence-corrected chi connectivity index (χ2v) is 9.09. The summed E-state index contributed by atoms with van der Waals surface area (Å²) < 4.78 is 2.11. The molecule has 0 aliphatic carbocycles. The van der Waals surface area contributed by atoms with Gasteiger partial charge >= 0.3 is 6.03 Å². The first-order valence-electron chi connectivity index (χ1n) is 11.8. The zero-order valence-electron chi connectivity index (χ0n) is 20.0. The van der Waals surface area contributed by atoms with Crippen molar-refractivity contribution in [3.05, 3.63) is 95.6 Å². The first kappa shape index (κ1) is 22.6. The molecule has 4 aromatic rings. The highest BCUT2D eigenvalue weighted by molar-refractivity contribution is 6.17. The molecule has 1 aromatic heterocycles. The van der Waals surface area contributed by atoms with E-state index in [0.29, 0.717) is 17.7 Å². The van der Waals surface area contributed by atoms with Crippen LogP contribution in [0.25, 0.3) is 22.2 Å². The molecular formula is C29H27N3O3. The Bertz CT molecular complexity index is 1450. The van der Waals surface area contributed by atoms with Crippen molar-refractivity contribution in [3.63, 3.8) is 0 Å². The quantitative estimate of drug-likeness (QED) is 0.311. The average molecular weight is 466 g/mol. The fourth-order valence-corrected chi connectivity index (χ4v) is 4.96. The Morgan fingerprint density at radius 3 is 2.26 bits per heavy atom. The molecule has 35 heavy (non-hydrogen) atoms. The molecule has 3 aromatic carbocycles. The minimum absolute atomic E-state index is 0.274. The number of hydrogen-bond donors (Lipinski definition) is 1. The van der Waals surface area contributed by atoms with Gasteiger partial charge in [0.05, 0.1) is 17.8 Å². The lowest BCUT2D eigenvalue weighted by molar-refractivity contribution is -0.130. The predicted octanol–water partition coefficient (Wildman–Crippen LogP) is 5.29. The van der Waals surface area contributed by atoms with Crippen molar-refractivity contribution >= 4 is 28.6 Å². The van der Waals surface area contributed by atoms with Crippen LogP contribution in [0.15, 0.2) is 78.9 Å². The van der Waals surface area contributed by atoms with Crippen LogP contribution < -0.4 is 5.32 Å². The summed E-state index contributed by atoms with van der Waals surface area (Å²) in [6.07, 6.45) is 0. The van der Waals surface area contributed by atoms with Crippen molar-refractivity contribution in [2.45, 2.75) is 32.9 Å². The monoisotopic (exact) mass is 465 g/mol. The van der Waals surface area contributed by atoms with E-state index in [0.717, 1.165) is 32.6 Å². The maximum absolute atomic E-state index is 13.8. The van der Waals surface area contributed by atoms with E-state index in [1.54, 1.807) is 6.92 Å². The number of hydrogen-bond acceptors (Lipinski definition) is 3. The number of benzene rings is 3. The van der Waals surface area contributed by atoms with Crippen LogP contribution in [0.5, 0.6) is 0 Å². The van der Waals surface area contributed by atoms with E-state index in [2.05, 4.69) is 9.88 Å². The van der Waals surface area contributed by atoms with Gasteiger partial charge in [-0.15, -0.1) is 0 Å². The second kappa shape index (κ2) is 8.55. The number of fused-ring (bicyclic) bond motifs is 1. The summed E-state index contributed by atoms with van der Waals surface area (Å²) >= 11 is 0. The van der Waals surface area contributed by atoms with Gasteiger partial charge in [0, 0.05) is 17.4 Å². The van der Waals surface area contributed by atoms with Crippen molar-refractivity contribution in [1.29, 1.82) is 0 Å². The van der Waals surface area contributed by atoms with Gasteiger partial charge < -0.3 is 9.88 Å². The highest BCUT2D eigenvalue weighted by atomic mass is 16.2. The van der Waals surface area contributed by atoms with Gasteiger partial charge in [-0.2, -0.15) is 0 Å². The maximum Gasteiger partial charge on any atom is 0.325 e. The van der Waals surface area contributed by atoms with Gasteiger partial charge in [-0.1, -0.05) is 78.4 Å². The zero-order valence-corrected chi connectivity index (χ0v) is 20.0. The van der Waals surface area contributed by atoms with Crippen LogP contribution in [-0.4, -0.2) is 33.7 Å². The van der Waals surface area contributed by atoms with Crippen LogP contribution in [0.1, 0.15) is 35.3 Å². The third kappa shape index (κ3) is 3.62. The minimum Gasteiger partial charge on any atom is -0.340 e. The summed E-state index contributed by atoms with van der Waals surface area (Å²) in [5.41, 5.74) is 3.70. The highest BCUT2D eigenvalue weighted by Crippen LogP contribution is 2.35.